The summed E-state index contributed by atoms with van der Waals surface area (Å²) in [4.78, 5) is 20.7. The average molecular weight is 357 g/mol. The van der Waals surface area contributed by atoms with Crippen LogP contribution in [-0.4, -0.2) is 29.5 Å². The number of aromatic nitrogens is 2. The largest absolute Gasteiger partial charge is 0.496 e. The van der Waals surface area contributed by atoms with Crippen LogP contribution < -0.4 is 15.8 Å². The zero-order valence-corrected chi connectivity index (χ0v) is 14.4. The summed E-state index contributed by atoms with van der Waals surface area (Å²) < 4.78 is 5.31. The standard InChI is InChI=1S/C18H17ClN4O2/c1-25-15-7-6-12(19)10-11(15)8-9-21-17(24)16-13-4-2-3-5-14(13)22-18(20)23-16/h2-7,10H,8-9H2,1H3,(H,21,24)(H2,20,22,23). The maximum atomic E-state index is 12.5. The Labute approximate surface area is 150 Å². The average Bonchev–Trinajstić information content (AvgIpc) is 2.61. The van der Waals surface area contributed by atoms with E-state index in [4.69, 9.17) is 22.1 Å². The summed E-state index contributed by atoms with van der Waals surface area (Å²) in [5, 5.41) is 4.14. The summed E-state index contributed by atoms with van der Waals surface area (Å²) in [6, 6.07) is 12.6. The lowest BCUT2D eigenvalue weighted by molar-refractivity contribution is 0.0951. The minimum absolute atomic E-state index is 0.0698. The third kappa shape index (κ3) is 3.80. The number of nitrogens with one attached hydrogen (secondary N) is 1. The van der Waals surface area contributed by atoms with E-state index in [-0.39, 0.29) is 17.5 Å². The zero-order valence-electron chi connectivity index (χ0n) is 13.6. The summed E-state index contributed by atoms with van der Waals surface area (Å²) in [5.41, 5.74) is 7.52. The van der Waals surface area contributed by atoms with Gasteiger partial charge >= 0.3 is 0 Å². The fourth-order valence-electron chi connectivity index (χ4n) is 2.60. The number of para-hydroxylation sites is 1. The molecule has 3 aromatic rings. The van der Waals surface area contributed by atoms with E-state index in [0.717, 1.165) is 11.3 Å². The number of hydrogen-bond donors (Lipinski definition) is 2. The van der Waals surface area contributed by atoms with E-state index in [1.807, 2.05) is 18.2 Å². The van der Waals surface area contributed by atoms with Gasteiger partial charge in [0.2, 0.25) is 5.95 Å². The summed E-state index contributed by atoms with van der Waals surface area (Å²) in [6.07, 6.45) is 0.577. The van der Waals surface area contributed by atoms with Crippen molar-refractivity contribution in [3.8, 4) is 5.75 Å². The second-order valence-corrected chi connectivity index (χ2v) is 5.85. The highest BCUT2D eigenvalue weighted by atomic mass is 35.5. The van der Waals surface area contributed by atoms with Crippen LogP contribution in [0, 0.1) is 0 Å². The Hall–Kier alpha value is -2.86. The van der Waals surface area contributed by atoms with Gasteiger partial charge in [0.25, 0.3) is 5.91 Å². The number of fused-ring (bicyclic) bond motifs is 1. The number of halogens is 1. The van der Waals surface area contributed by atoms with E-state index in [1.54, 1.807) is 31.4 Å². The first kappa shape index (κ1) is 17.0. The molecule has 0 saturated heterocycles. The van der Waals surface area contributed by atoms with Crippen LogP contribution in [0.4, 0.5) is 5.95 Å². The molecule has 1 amide bonds. The molecule has 6 nitrogen and oxygen atoms in total. The number of carbonyl (C=O) groups excluding carboxylic acids is 1. The number of nitrogens with zero attached hydrogens (tertiary/aromatic N) is 2. The highest BCUT2D eigenvalue weighted by Crippen LogP contribution is 2.23. The Morgan fingerprint density at radius 2 is 2.04 bits per heavy atom. The van der Waals surface area contributed by atoms with E-state index < -0.39 is 0 Å². The molecule has 0 radical (unpaired) electrons. The number of carbonyl (C=O) groups is 1. The van der Waals surface area contributed by atoms with Crippen molar-refractivity contribution >= 4 is 34.4 Å². The molecule has 25 heavy (non-hydrogen) atoms. The summed E-state index contributed by atoms with van der Waals surface area (Å²) in [6.45, 7) is 0.410. The second-order valence-electron chi connectivity index (χ2n) is 5.41. The Morgan fingerprint density at radius 3 is 2.84 bits per heavy atom. The molecule has 1 heterocycles. The fourth-order valence-corrected chi connectivity index (χ4v) is 2.80. The molecule has 0 fully saturated rings. The molecule has 0 aliphatic heterocycles. The van der Waals surface area contributed by atoms with Crippen LogP contribution >= 0.6 is 11.6 Å². The Kier molecular flexibility index (Phi) is 5.00. The molecule has 0 spiro atoms. The van der Waals surface area contributed by atoms with Crippen molar-refractivity contribution in [3.05, 3.63) is 58.7 Å². The van der Waals surface area contributed by atoms with Crippen molar-refractivity contribution in [1.82, 2.24) is 15.3 Å². The molecule has 3 N–H and O–H groups in total. The number of hydrogen-bond acceptors (Lipinski definition) is 5. The van der Waals surface area contributed by atoms with Gasteiger partial charge in [0.05, 0.1) is 12.6 Å². The first-order valence-corrected chi connectivity index (χ1v) is 8.09. The van der Waals surface area contributed by atoms with Crippen LogP contribution in [0.2, 0.25) is 5.02 Å². The second kappa shape index (κ2) is 7.36. The molecule has 1 aromatic heterocycles. The van der Waals surface area contributed by atoms with Crippen molar-refractivity contribution in [2.45, 2.75) is 6.42 Å². The van der Waals surface area contributed by atoms with Gasteiger partial charge in [-0.15, -0.1) is 0 Å². The molecule has 0 atom stereocenters. The maximum absolute atomic E-state index is 12.5. The molecule has 0 aliphatic rings. The lowest BCUT2D eigenvalue weighted by Crippen LogP contribution is -2.27. The number of amides is 1. The van der Waals surface area contributed by atoms with Crippen molar-refractivity contribution in [1.29, 1.82) is 0 Å². The van der Waals surface area contributed by atoms with Crippen LogP contribution in [0.5, 0.6) is 5.75 Å². The van der Waals surface area contributed by atoms with Gasteiger partial charge in [-0.05, 0) is 36.2 Å². The zero-order chi connectivity index (χ0) is 17.8. The third-order valence-corrected chi connectivity index (χ3v) is 3.99. The maximum Gasteiger partial charge on any atom is 0.270 e. The number of nitrogens with two attached hydrogens (primary N) is 1. The van der Waals surface area contributed by atoms with Crippen LogP contribution in [0.3, 0.4) is 0 Å². The Morgan fingerprint density at radius 1 is 1.24 bits per heavy atom. The van der Waals surface area contributed by atoms with Crippen LogP contribution in [-0.2, 0) is 6.42 Å². The summed E-state index contributed by atoms with van der Waals surface area (Å²) >= 11 is 6.02. The third-order valence-electron chi connectivity index (χ3n) is 3.76. The number of methoxy groups -OCH3 is 1. The number of benzene rings is 2. The number of nitrogen functional groups attached to an aromatic ring is 1. The van der Waals surface area contributed by atoms with E-state index >= 15 is 0 Å². The topological polar surface area (TPSA) is 90.1 Å². The monoisotopic (exact) mass is 356 g/mol. The molecular weight excluding hydrogens is 340 g/mol. The Balaban J connectivity index is 1.75. The Bertz CT molecular complexity index is 930. The van der Waals surface area contributed by atoms with Gasteiger partial charge in [0.1, 0.15) is 11.4 Å². The van der Waals surface area contributed by atoms with Gasteiger partial charge in [-0.1, -0.05) is 29.8 Å². The van der Waals surface area contributed by atoms with Crippen LogP contribution in [0.25, 0.3) is 10.9 Å². The summed E-state index contributed by atoms with van der Waals surface area (Å²) in [7, 11) is 1.60. The van der Waals surface area contributed by atoms with Gasteiger partial charge in [0, 0.05) is 17.0 Å². The predicted molar refractivity (Wildman–Crippen MR) is 98.0 cm³/mol. The van der Waals surface area contributed by atoms with Crippen molar-refractivity contribution in [2.75, 3.05) is 19.4 Å². The smallest absolute Gasteiger partial charge is 0.270 e. The number of anilines is 1. The number of rotatable bonds is 5. The first-order chi connectivity index (χ1) is 12.1. The molecule has 2 aromatic carbocycles. The highest BCUT2D eigenvalue weighted by Gasteiger charge is 2.14. The molecule has 3 rings (SSSR count). The quantitative estimate of drug-likeness (QED) is 0.733. The van der Waals surface area contributed by atoms with Gasteiger partial charge < -0.3 is 15.8 Å². The van der Waals surface area contributed by atoms with Crippen molar-refractivity contribution < 1.29 is 9.53 Å². The first-order valence-electron chi connectivity index (χ1n) is 7.71. The number of ether oxygens (including phenoxy) is 1. The van der Waals surface area contributed by atoms with Crippen molar-refractivity contribution in [2.24, 2.45) is 0 Å². The predicted octanol–water partition coefficient (Wildman–Crippen LogP) is 2.85. The lowest BCUT2D eigenvalue weighted by Gasteiger charge is -2.10. The minimum atomic E-state index is -0.300. The van der Waals surface area contributed by atoms with E-state index in [1.165, 1.54) is 0 Å². The summed E-state index contributed by atoms with van der Waals surface area (Å²) in [5.74, 6) is 0.502. The van der Waals surface area contributed by atoms with Gasteiger partial charge in [0.15, 0.2) is 0 Å². The van der Waals surface area contributed by atoms with Gasteiger partial charge in [-0.2, -0.15) is 0 Å². The fraction of sp³-hybridized carbons (Fsp3) is 0.167. The normalized spacial score (nSPS) is 10.6. The highest BCUT2D eigenvalue weighted by molar-refractivity contribution is 6.30. The SMILES string of the molecule is COc1ccc(Cl)cc1CCNC(=O)c1nc(N)nc2ccccc12. The van der Waals surface area contributed by atoms with Gasteiger partial charge in [-0.3, -0.25) is 4.79 Å². The molecule has 0 aliphatic carbocycles. The molecule has 7 heteroatoms. The van der Waals surface area contributed by atoms with Crippen LogP contribution in [0.15, 0.2) is 42.5 Å². The molecule has 0 bridgehead atoms. The van der Waals surface area contributed by atoms with Gasteiger partial charge in [-0.25, -0.2) is 9.97 Å². The molecule has 0 unspecified atom stereocenters. The minimum Gasteiger partial charge on any atom is -0.496 e. The van der Waals surface area contributed by atoms with E-state index in [9.17, 15) is 4.79 Å². The molecular formula is C18H17ClN4O2. The van der Waals surface area contributed by atoms with E-state index in [2.05, 4.69) is 15.3 Å². The molecule has 0 saturated carbocycles. The molecule has 128 valence electrons. The van der Waals surface area contributed by atoms with Crippen LogP contribution in [0.1, 0.15) is 16.1 Å². The van der Waals surface area contributed by atoms with E-state index in [0.29, 0.717) is 28.9 Å². The van der Waals surface area contributed by atoms with Crippen molar-refractivity contribution in [3.63, 3.8) is 0 Å². The lowest BCUT2D eigenvalue weighted by atomic mass is 10.1.